The van der Waals surface area contributed by atoms with E-state index < -0.39 is 35.1 Å². The van der Waals surface area contributed by atoms with Gasteiger partial charge in [0.05, 0.1) is 0 Å². The minimum atomic E-state index is -1.17. The molecule has 1 fully saturated rings. The lowest BCUT2D eigenvalue weighted by Gasteiger charge is -2.28. The lowest BCUT2D eigenvalue weighted by molar-refractivity contribution is -0.141. The van der Waals surface area contributed by atoms with Gasteiger partial charge in [-0.3, -0.25) is 4.79 Å². The summed E-state index contributed by atoms with van der Waals surface area (Å²) in [5.74, 6) is -4.40. The van der Waals surface area contributed by atoms with Gasteiger partial charge in [-0.2, -0.15) is 0 Å². The molecule has 0 saturated heterocycles. The second kappa shape index (κ2) is 6.65. The van der Waals surface area contributed by atoms with Crippen LogP contribution >= 0.6 is 0 Å². The zero-order chi connectivity index (χ0) is 15.4. The fourth-order valence-corrected chi connectivity index (χ4v) is 2.78. The third kappa shape index (κ3) is 3.56. The molecule has 1 unspecified atom stereocenters. The third-order valence-corrected chi connectivity index (χ3v) is 3.86. The number of carboxylic acids is 1. The second-order valence-electron chi connectivity index (χ2n) is 5.28. The van der Waals surface area contributed by atoms with Gasteiger partial charge in [-0.05, 0) is 30.9 Å². The molecule has 1 saturated carbocycles. The quantitative estimate of drug-likeness (QED) is 0.898. The fraction of sp³-hybridized carbons (Fsp3) is 0.467. The zero-order valence-corrected chi connectivity index (χ0v) is 11.4. The molecule has 114 valence electrons. The Morgan fingerprint density at radius 1 is 1.14 bits per heavy atom. The number of carbonyl (C=O) groups is 2. The van der Waals surface area contributed by atoms with Crippen molar-refractivity contribution >= 4 is 11.9 Å². The van der Waals surface area contributed by atoms with Gasteiger partial charge >= 0.3 is 5.97 Å². The fourth-order valence-electron chi connectivity index (χ4n) is 2.78. The summed E-state index contributed by atoms with van der Waals surface area (Å²) in [6.45, 7) is 0. The van der Waals surface area contributed by atoms with Gasteiger partial charge < -0.3 is 10.4 Å². The summed E-state index contributed by atoms with van der Waals surface area (Å²) in [6, 6.07) is 1.97. The molecule has 4 nitrogen and oxygen atoms in total. The number of aliphatic carboxylic acids is 1. The van der Waals surface area contributed by atoms with Gasteiger partial charge in [0, 0.05) is 0 Å². The van der Waals surface area contributed by atoms with Gasteiger partial charge in [-0.1, -0.05) is 25.3 Å². The monoisotopic (exact) mass is 297 g/mol. The Kier molecular flexibility index (Phi) is 4.88. The Morgan fingerprint density at radius 2 is 1.71 bits per heavy atom. The highest BCUT2D eigenvalue weighted by atomic mass is 19.1. The Labute approximate surface area is 121 Å². The van der Waals surface area contributed by atoms with Crippen molar-refractivity contribution in [1.29, 1.82) is 0 Å². The number of amides is 1. The highest BCUT2D eigenvalue weighted by molar-refractivity contribution is 5.97. The molecule has 6 heteroatoms. The van der Waals surface area contributed by atoms with E-state index in [1.165, 1.54) is 0 Å². The van der Waals surface area contributed by atoms with Crippen molar-refractivity contribution in [1.82, 2.24) is 5.32 Å². The molecule has 1 atom stereocenters. The van der Waals surface area contributed by atoms with Gasteiger partial charge in [0.2, 0.25) is 0 Å². The van der Waals surface area contributed by atoms with Crippen molar-refractivity contribution in [2.75, 3.05) is 0 Å². The molecule has 1 aliphatic carbocycles. The minimum Gasteiger partial charge on any atom is -0.480 e. The van der Waals surface area contributed by atoms with E-state index >= 15 is 0 Å². The first kappa shape index (κ1) is 15.4. The highest BCUT2D eigenvalue weighted by Crippen LogP contribution is 2.27. The van der Waals surface area contributed by atoms with Crippen LogP contribution in [0.1, 0.15) is 42.5 Å². The van der Waals surface area contributed by atoms with E-state index in [-0.39, 0.29) is 5.92 Å². The summed E-state index contributed by atoms with van der Waals surface area (Å²) in [4.78, 5) is 23.3. The summed E-state index contributed by atoms with van der Waals surface area (Å²) < 4.78 is 27.1. The molecule has 2 N–H and O–H groups in total. The molecule has 1 amide bonds. The maximum absolute atomic E-state index is 13.5. The van der Waals surface area contributed by atoms with Gasteiger partial charge in [-0.25, -0.2) is 13.6 Å². The van der Waals surface area contributed by atoms with Crippen LogP contribution in [0, 0.1) is 17.6 Å². The van der Waals surface area contributed by atoms with Crippen molar-refractivity contribution in [3.8, 4) is 0 Å². The second-order valence-corrected chi connectivity index (χ2v) is 5.28. The minimum absolute atomic E-state index is 0.199. The van der Waals surface area contributed by atoms with Crippen LogP contribution < -0.4 is 5.32 Å². The van der Waals surface area contributed by atoms with E-state index in [4.69, 9.17) is 0 Å². The summed E-state index contributed by atoms with van der Waals surface area (Å²) in [5.41, 5.74) is -0.737. The molecular formula is C15H17F2NO3. The number of rotatable bonds is 4. The number of hydrogen-bond acceptors (Lipinski definition) is 2. The number of halogens is 2. The Balaban J connectivity index is 2.16. The molecule has 1 aromatic rings. The topological polar surface area (TPSA) is 66.4 Å². The smallest absolute Gasteiger partial charge is 0.326 e. The molecule has 21 heavy (non-hydrogen) atoms. The molecule has 0 spiro atoms. The molecular weight excluding hydrogens is 280 g/mol. The van der Waals surface area contributed by atoms with Crippen molar-refractivity contribution < 1.29 is 23.5 Å². The van der Waals surface area contributed by atoms with E-state index in [9.17, 15) is 23.5 Å². The number of benzene rings is 1. The standard InChI is InChI=1S/C15H17F2NO3/c16-10-7-4-8-11(17)12(10)14(19)18-13(15(20)21)9-5-2-1-3-6-9/h4,7-9,13H,1-3,5-6H2,(H,18,19)(H,20,21). The molecule has 0 aliphatic heterocycles. The Bertz CT molecular complexity index is 521. The maximum atomic E-state index is 13.5. The van der Waals surface area contributed by atoms with Gasteiger partial charge in [-0.15, -0.1) is 0 Å². The van der Waals surface area contributed by atoms with Crippen LogP contribution in [0.25, 0.3) is 0 Å². The normalized spacial score (nSPS) is 17.2. The first-order valence-corrected chi connectivity index (χ1v) is 6.98. The van der Waals surface area contributed by atoms with E-state index in [1.54, 1.807) is 0 Å². The van der Waals surface area contributed by atoms with Crippen LogP contribution in [0.4, 0.5) is 8.78 Å². The number of carboxylic acid groups (broad SMARTS) is 1. The van der Waals surface area contributed by atoms with Crippen molar-refractivity contribution in [3.05, 3.63) is 35.4 Å². The summed E-state index contributed by atoms with van der Waals surface area (Å²) in [5, 5.41) is 11.5. The van der Waals surface area contributed by atoms with Crippen LogP contribution in [0.2, 0.25) is 0 Å². The molecule has 0 bridgehead atoms. The van der Waals surface area contributed by atoms with Gasteiger partial charge in [0.25, 0.3) is 5.91 Å². The lowest BCUT2D eigenvalue weighted by Crippen LogP contribution is -2.47. The van der Waals surface area contributed by atoms with Crippen LogP contribution in [-0.2, 0) is 4.79 Å². The highest BCUT2D eigenvalue weighted by Gasteiger charge is 2.32. The van der Waals surface area contributed by atoms with E-state index in [0.717, 1.165) is 37.5 Å². The van der Waals surface area contributed by atoms with E-state index in [0.29, 0.717) is 12.8 Å². The molecule has 0 aromatic heterocycles. The molecule has 0 radical (unpaired) electrons. The predicted molar refractivity (Wildman–Crippen MR) is 71.8 cm³/mol. The first-order valence-electron chi connectivity index (χ1n) is 6.98. The summed E-state index contributed by atoms with van der Waals surface area (Å²) in [7, 11) is 0. The number of nitrogens with one attached hydrogen (secondary N) is 1. The van der Waals surface area contributed by atoms with Crippen LogP contribution in [-0.4, -0.2) is 23.0 Å². The van der Waals surface area contributed by atoms with Crippen molar-refractivity contribution in [2.24, 2.45) is 5.92 Å². The Morgan fingerprint density at radius 3 is 2.24 bits per heavy atom. The molecule has 1 aromatic carbocycles. The maximum Gasteiger partial charge on any atom is 0.326 e. The van der Waals surface area contributed by atoms with Crippen molar-refractivity contribution in [2.45, 2.75) is 38.1 Å². The SMILES string of the molecule is O=C(NC(C(=O)O)C1CCCCC1)c1c(F)cccc1F. The largest absolute Gasteiger partial charge is 0.480 e. The van der Waals surface area contributed by atoms with Gasteiger partial charge in [0.1, 0.15) is 23.2 Å². The Hall–Kier alpha value is -1.98. The van der Waals surface area contributed by atoms with E-state index in [2.05, 4.69) is 5.32 Å². The molecule has 0 heterocycles. The number of carbonyl (C=O) groups excluding carboxylic acids is 1. The average molecular weight is 297 g/mol. The third-order valence-electron chi connectivity index (χ3n) is 3.86. The first-order chi connectivity index (χ1) is 10.0. The lowest BCUT2D eigenvalue weighted by atomic mass is 9.84. The predicted octanol–water partition coefficient (Wildman–Crippen LogP) is 2.73. The number of hydrogen-bond donors (Lipinski definition) is 2. The van der Waals surface area contributed by atoms with Crippen LogP contribution in [0.15, 0.2) is 18.2 Å². The summed E-state index contributed by atoms with van der Waals surface area (Å²) >= 11 is 0. The zero-order valence-electron chi connectivity index (χ0n) is 11.4. The average Bonchev–Trinajstić information content (AvgIpc) is 2.45. The van der Waals surface area contributed by atoms with E-state index in [1.807, 2.05) is 0 Å². The van der Waals surface area contributed by atoms with Crippen LogP contribution in [0.5, 0.6) is 0 Å². The summed E-state index contributed by atoms with van der Waals surface area (Å²) in [6.07, 6.45) is 4.23. The van der Waals surface area contributed by atoms with Crippen molar-refractivity contribution in [3.63, 3.8) is 0 Å². The molecule has 1 aliphatic rings. The van der Waals surface area contributed by atoms with Crippen LogP contribution in [0.3, 0.4) is 0 Å². The van der Waals surface area contributed by atoms with Gasteiger partial charge in [0.15, 0.2) is 0 Å². The molecule has 2 rings (SSSR count).